The van der Waals surface area contributed by atoms with Gasteiger partial charge < -0.3 is 4.74 Å². The average Bonchev–Trinajstić information content (AvgIpc) is 2.64. The van der Waals surface area contributed by atoms with Crippen LogP contribution in [-0.4, -0.2) is 30.6 Å². The molecule has 2 heterocycles. The number of methoxy groups -OCH3 is 1. The standard InChI is InChI=1S/C11H15ClN2O/c1-14-7-3-4-9(14)8-5-6-10(12)13-11(8)15-2/h5-6,9H,3-4,7H2,1-2H3. The highest BCUT2D eigenvalue weighted by Gasteiger charge is 2.25. The highest BCUT2D eigenvalue weighted by atomic mass is 35.5. The summed E-state index contributed by atoms with van der Waals surface area (Å²) in [5.41, 5.74) is 1.14. The van der Waals surface area contributed by atoms with Gasteiger partial charge in [-0.2, -0.15) is 0 Å². The second-order valence-electron chi connectivity index (χ2n) is 3.87. The first-order chi connectivity index (χ1) is 7.22. The number of pyridine rings is 1. The SMILES string of the molecule is COc1nc(Cl)ccc1C1CCCN1C. The molecule has 0 spiro atoms. The van der Waals surface area contributed by atoms with Crippen LogP contribution in [0.1, 0.15) is 24.4 Å². The van der Waals surface area contributed by atoms with E-state index in [2.05, 4.69) is 16.9 Å². The van der Waals surface area contributed by atoms with E-state index in [0.29, 0.717) is 17.1 Å². The van der Waals surface area contributed by atoms with Crippen LogP contribution in [0.5, 0.6) is 5.88 Å². The first-order valence-electron chi connectivity index (χ1n) is 5.13. The molecule has 1 unspecified atom stereocenters. The lowest BCUT2D eigenvalue weighted by atomic mass is 10.1. The van der Waals surface area contributed by atoms with Crippen LogP contribution in [0.3, 0.4) is 0 Å². The van der Waals surface area contributed by atoms with E-state index in [1.807, 2.05) is 12.1 Å². The van der Waals surface area contributed by atoms with Crippen LogP contribution in [0.15, 0.2) is 12.1 Å². The van der Waals surface area contributed by atoms with E-state index >= 15 is 0 Å². The van der Waals surface area contributed by atoms with Crippen molar-refractivity contribution in [1.29, 1.82) is 0 Å². The summed E-state index contributed by atoms with van der Waals surface area (Å²) in [6, 6.07) is 4.26. The molecule has 1 saturated heterocycles. The number of hydrogen-bond acceptors (Lipinski definition) is 3. The van der Waals surface area contributed by atoms with Crippen molar-refractivity contribution in [2.75, 3.05) is 20.7 Å². The quantitative estimate of drug-likeness (QED) is 0.725. The van der Waals surface area contributed by atoms with Crippen LogP contribution in [-0.2, 0) is 0 Å². The molecule has 4 heteroatoms. The van der Waals surface area contributed by atoms with E-state index < -0.39 is 0 Å². The van der Waals surface area contributed by atoms with Gasteiger partial charge in [0.25, 0.3) is 0 Å². The Kier molecular flexibility index (Phi) is 3.12. The third-order valence-corrected chi connectivity index (χ3v) is 3.14. The zero-order valence-electron chi connectivity index (χ0n) is 9.03. The number of aromatic nitrogens is 1. The zero-order chi connectivity index (χ0) is 10.8. The highest BCUT2D eigenvalue weighted by molar-refractivity contribution is 6.29. The lowest BCUT2D eigenvalue weighted by Crippen LogP contribution is -2.18. The van der Waals surface area contributed by atoms with E-state index in [-0.39, 0.29) is 0 Å². The van der Waals surface area contributed by atoms with E-state index in [1.165, 1.54) is 6.42 Å². The molecule has 1 aliphatic heterocycles. The molecule has 2 rings (SSSR count). The molecule has 0 radical (unpaired) electrons. The molecule has 1 atom stereocenters. The van der Waals surface area contributed by atoms with E-state index in [0.717, 1.165) is 18.5 Å². The van der Waals surface area contributed by atoms with Crippen molar-refractivity contribution in [1.82, 2.24) is 9.88 Å². The van der Waals surface area contributed by atoms with Crippen LogP contribution in [0, 0.1) is 0 Å². The summed E-state index contributed by atoms with van der Waals surface area (Å²) in [5.74, 6) is 0.654. The summed E-state index contributed by atoms with van der Waals surface area (Å²) >= 11 is 5.83. The molecular weight excluding hydrogens is 212 g/mol. The van der Waals surface area contributed by atoms with Crippen LogP contribution in [0.25, 0.3) is 0 Å². The third-order valence-electron chi connectivity index (χ3n) is 2.93. The predicted molar refractivity (Wildman–Crippen MR) is 60.4 cm³/mol. The van der Waals surface area contributed by atoms with Crippen LogP contribution in [0.4, 0.5) is 0 Å². The zero-order valence-corrected chi connectivity index (χ0v) is 9.79. The van der Waals surface area contributed by atoms with Gasteiger partial charge in [0.05, 0.1) is 7.11 Å². The maximum absolute atomic E-state index is 5.83. The van der Waals surface area contributed by atoms with Crippen molar-refractivity contribution < 1.29 is 4.74 Å². The number of rotatable bonds is 2. The van der Waals surface area contributed by atoms with Crippen LogP contribution < -0.4 is 4.74 Å². The second-order valence-corrected chi connectivity index (χ2v) is 4.26. The molecule has 0 aromatic carbocycles. The van der Waals surface area contributed by atoms with Gasteiger partial charge in [-0.05, 0) is 38.6 Å². The summed E-state index contributed by atoms with van der Waals surface area (Å²) in [7, 11) is 3.77. The first-order valence-corrected chi connectivity index (χ1v) is 5.51. The van der Waals surface area contributed by atoms with Gasteiger partial charge in [-0.15, -0.1) is 0 Å². The van der Waals surface area contributed by atoms with Gasteiger partial charge in [0, 0.05) is 11.6 Å². The second kappa shape index (κ2) is 4.37. The molecule has 0 saturated carbocycles. The molecule has 82 valence electrons. The highest BCUT2D eigenvalue weighted by Crippen LogP contribution is 2.35. The molecule has 1 aromatic rings. The van der Waals surface area contributed by atoms with Crippen molar-refractivity contribution in [3.8, 4) is 5.88 Å². The van der Waals surface area contributed by atoms with Crippen molar-refractivity contribution in [3.05, 3.63) is 22.8 Å². The number of likely N-dealkylation sites (tertiary alicyclic amines) is 1. The fourth-order valence-electron chi connectivity index (χ4n) is 2.15. The van der Waals surface area contributed by atoms with E-state index in [1.54, 1.807) is 7.11 Å². The molecule has 0 aliphatic carbocycles. The van der Waals surface area contributed by atoms with Gasteiger partial charge in [-0.1, -0.05) is 11.6 Å². The molecule has 15 heavy (non-hydrogen) atoms. The molecule has 0 bridgehead atoms. The van der Waals surface area contributed by atoms with Crippen LogP contribution >= 0.6 is 11.6 Å². The van der Waals surface area contributed by atoms with Gasteiger partial charge in [0.1, 0.15) is 5.15 Å². The Morgan fingerprint density at radius 2 is 2.33 bits per heavy atom. The van der Waals surface area contributed by atoms with Gasteiger partial charge in [0.15, 0.2) is 0 Å². The number of hydrogen-bond donors (Lipinski definition) is 0. The Bertz CT molecular complexity index is 356. The Morgan fingerprint density at radius 3 is 2.93 bits per heavy atom. The van der Waals surface area contributed by atoms with Gasteiger partial charge in [-0.3, -0.25) is 4.90 Å². The molecule has 0 N–H and O–H groups in total. The van der Waals surface area contributed by atoms with E-state index in [4.69, 9.17) is 16.3 Å². The monoisotopic (exact) mass is 226 g/mol. The minimum Gasteiger partial charge on any atom is -0.481 e. The Morgan fingerprint density at radius 1 is 1.53 bits per heavy atom. The Labute approximate surface area is 95.0 Å². The van der Waals surface area contributed by atoms with Crippen molar-refractivity contribution in [2.24, 2.45) is 0 Å². The minimum atomic E-state index is 0.421. The molecule has 0 amide bonds. The summed E-state index contributed by atoms with van der Waals surface area (Å²) in [6.07, 6.45) is 2.39. The van der Waals surface area contributed by atoms with Crippen molar-refractivity contribution >= 4 is 11.6 Å². The van der Waals surface area contributed by atoms with E-state index in [9.17, 15) is 0 Å². The Balaban J connectivity index is 2.34. The molecule has 1 aliphatic rings. The van der Waals surface area contributed by atoms with Gasteiger partial charge in [-0.25, -0.2) is 4.98 Å². The maximum atomic E-state index is 5.83. The fourth-order valence-corrected chi connectivity index (χ4v) is 2.29. The summed E-state index contributed by atoms with van der Waals surface area (Å²) < 4.78 is 5.26. The lowest BCUT2D eigenvalue weighted by Gasteiger charge is -2.21. The van der Waals surface area contributed by atoms with Crippen LogP contribution in [0.2, 0.25) is 5.15 Å². The topological polar surface area (TPSA) is 25.4 Å². The summed E-state index contributed by atoms with van der Waals surface area (Å²) in [6.45, 7) is 1.14. The predicted octanol–water partition coefficient (Wildman–Crippen LogP) is 2.51. The largest absolute Gasteiger partial charge is 0.481 e. The maximum Gasteiger partial charge on any atom is 0.219 e. The van der Waals surface area contributed by atoms with Gasteiger partial charge >= 0.3 is 0 Å². The smallest absolute Gasteiger partial charge is 0.219 e. The fraction of sp³-hybridized carbons (Fsp3) is 0.545. The number of nitrogens with zero attached hydrogens (tertiary/aromatic N) is 2. The normalized spacial score (nSPS) is 21.9. The number of halogens is 1. The first kappa shape index (κ1) is 10.7. The molecule has 3 nitrogen and oxygen atoms in total. The summed E-state index contributed by atoms with van der Waals surface area (Å²) in [5, 5.41) is 0.483. The minimum absolute atomic E-state index is 0.421. The molecule has 1 aromatic heterocycles. The van der Waals surface area contributed by atoms with Gasteiger partial charge in [0.2, 0.25) is 5.88 Å². The molecular formula is C11H15ClN2O. The van der Waals surface area contributed by atoms with Crippen molar-refractivity contribution in [2.45, 2.75) is 18.9 Å². The molecule has 1 fully saturated rings. The van der Waals surface area contributed by atoms with Crippen molar-refractivity contribution in [3.63, 3.8) is 0 Å². The number of ether oxygens (including phenoxy) is 1. The third kappa shape index (κ3) is 2.08. The average molecular weight is 227 g/mol. The Hall–Kier alpha value is -0.800. The lowest BCUT2D eigenvalue weighted by molar-refractivity contribution is 0.302. The summed E-state index contributed by atoms with van der Waals surface area (Å²) in [4.78, 5) is 6.51.